The number of para-hydroxylation sites is 2. The number of nitrogens with one attached hydrogen (secondary N) is 13. The lowest BCUT2D eigenvalue weighted by Crippen LogP contribution is -2.61. The number of carbonyl (C=O) groups is 14. The van der Waals surface area contributed by atoms with E-state index in [0.29, 0.717) is 40.4 Å². The zero-order valence-electron chi connectivity index (χ0n) is 63.0. The lowest BCUT2D eigenvalue weighted by atomic mass is 10.0. The number of aromatic nitrogens is 2. The van der Waals surface area contributed by atoms with E-state index >= 15 is 4.79 Å². The average Bonchev–Trinajstić information content (AvgIpc) is 1.67. The molecule has 5 aromatic rings. The number of carbonyl (C=O) groups excluding carboxylic acids is 13. The van der Waals surface area contributed by atoms with Crippen molar-refractivity contribution in [2.24, 2.45) is 45.5 Å². The SMILES string of the molecule is CC(C)[C@H](N)C(=O)N[C@@H](CS)C(=O)N[C@H](C(=O)N[C@@H](CCC(N)=O)C(=O)N[C@@H](CCCCN)C(=O)N[C@@H](Cc1ccccc1)C(=O)N[C@@H](CS)C(=O)N[C@@H](Cc1c[nH]c2ccccc12)C(=O)N[C@@H](CCCN=C(N)N)C(=O)NCC(=O)N[C@@H](Cc1c[nH]c2ccccc12)C(=O)N[C@@H](CS)C(=O)N1CCC[C@H]1C(=O)O)C(C)C. The first-order valence-corrected chi connectivity index (χ1v) is 38.9. The first kappa shape index (κ1) is 90.4. The van der Waals surface area contributed by atoms with Crippen molar-refractivity contribution in [3.63, 3.8) is 0 Å². The first-order chi connectivity index (χ1) is 53.4. The van der Waals surface area contributed by atoms with Crippen LogP contribution in [0.25, 0.3) is 21.8 Å². The number of hydrogen-bond donors (Lipinski definition) is 22. The third kappa shape index (κ3) is 27.5. The summed E-state index contributed by atoms with van der Waals surface area (Å²) in [6.07, 6.45) is 3.05. The molecule has 2 aromatic heterocycles. The van der Waals surface area contributed by atoms with Crippen molar-refractivity contribution in [2.45, 2.75) is 177 Å². The number of fused-ring (bicyclic) bond motifs is 2. The predicted octanol–water partition coefficient (Wildman–Crippen LogP) is -2.41. The zero-order valence-corrected chi connectivity index (χ0v) is 65.6. The minimum Gasteiger partial charge on any atom is -0.480 e. The third-order valence-electron chi connectivity index (χ3n) is 18.8. The molecule has 38 heteroatoms. The van der Waals surface area contributed by atoms with Crippen molar-refractivity contribution in [1.82, 2.24) is 73.4 Å². The molecular weight excluding hydrogens is 1510 g/mol. The van der Waals surface area contributed by atoms with E-state index in [4.69, 9.17) is 28.7 Å². The summed E-state index contributed by atoms with van der Waals surface area (Å²) in [4.78, 5) is 207. The lowest BCUT2D eigenvalue weighted by Gasteiger charge is -2.29. The highest BCUT2D eigenvalue weighted by Gasteiger charge is 2.40. The van der Waals surface area contributed by atoms with E-state index in [9.17, 15) is 67.4 Å². The van der Waals surface area contributed by atoms with Crippen molar-refractivity contribution in [2.75, 3.05) is 43.4 Å². The molecule has 3 heterocycles. The monoisotopic (exact) mass is 1610 g/mol. The van der Waals surface area contributed by atoms with Gasteiger partial charge < -0.3 is 107 Å². The van der Waals surface area contributed by atoms with Gasteiger partial charge in [0.05, 0.1) is 12.6 Å². The van der Waals surface area contributed by atoms with Crippen LogP contribution in [-0.4, -0.2) is 225 Å². The number of thiol groups is 3. The fraction of sp³-hybridized carbons (Fsp3) is 0.500. The summed E-state index contributed by atoms with van der Waals surface area (Å²) in [6, 6.07) is 6.35. The van der Waals surface area contributed by atoms with Crippen LogP contribution >= 0.6 is 37.9 Å². The van der Waals surface area contributed by atoms with Gasteiger partial charge in [-0.2, -0.15) is 37.9 Å². The largest absolute Gasteiger partial charge is 0.480 e. The number of nitrogens with two attached hydrogens (primary N) is 5. The van der Waals surface area contributed by atoms with Gasteiger partial charge in [0.2, 0.25) is 76.8 Å². The summed E-state index contributed by atoms with van der Waals surface area (Å²) >= 11 is 13.0. The number of unbranched alkanes of at least 4 members (excludes halogenated alkanes) is 1. The molecule has 610 valence electrons. The number of nitrogens with zero attached hydrogens (tertiary/aromatic N) is 2. The maximum atomic E-state index is 15.0. The Morgan fingerprint density at radius 3 is 1.47 bits per heavy atom. The van der Waals surface area contributed by atoms with Gasteiger partial charge in [0.15, 0.2) is 5.96 Å². The van der Waals surface area contributed by atoms with Gasteiger partial charge in [0.1, 0.15) is 66.5 Å². The standard InChI is InChI=1S/C74H106N20O15S3/c1-39(2)60(77)70(105)91-55(37-111)69(104)93-61(40(3)4)71(106)87-50(25-26-58(76)95)64(99)86-49(22-12-13-27-75)63(98)88-51(30-41-16-6-5-7-17-41)65(100)90-54(36-110)68(103)89-53(32-43-34-82-47-21-11-9-19-45(43)47)67(102)85-48(23-14-28-80-74(78)79)62(97)83-35-59(96)84-52(31-42-33-81-46-20-10-8-18-44(42)46)66(101)92-56(38-112)72(107)94-29-15-24-57(94)73(108)109/h5-11,16-21,33-34,39-40,48-57,60-61,81-82,110-112H,12-15,22-32,35-38,75,77H2,1-4H3,(H2,76,95)(H,83,97)(H,84,96)(H,85,102)(H,86,99)(H,87,106)(H,88,98)(H,89,103)(H,90,100)(H,91,105)(H,92,101)(H,93,104)(H,108,109)(H4,78,79,80)/t48-,49-,50-,51-,52-,53-,54-,55-,56-,57-,60-,61-/m0/s1. The van der Waals surface area contributed by atoms with E-state index in [0.717, 1.165) is 10.9 Å². The van der Waals surface area contributed by atoms with Gasteiger partial charge in [-0.05, 0) is 98.6 Å². The molecule has 0 unspecified atom stereocenters. The van der Waals surface area contributed by atoms with Crippen LogP contribution in [-0.2, 0) is 86.4 Å². The second kappa shape index (κ2) is 45.2. The van der Waals surface area contributed by atoms with E-state index in [1.54, 1.807) is 119 Å². The third-order valence-corrected chi connectivity index (χ3v) is 19.9. The smallest absolute Gasteiger partial charge is 0.326 e. The summed E-state index contributed by atoms with van der Waals surface area (Å²) in [6.45, 7) is 6.19. The van der Waals surface area contributed by atoms with E-state index < -0.39 is 180 Å². The maximum Gasteiger partial charge on any atom is 0.326 e. The normalized spacial score (nSPS) is 15.6. The summed E-state index contributed by atoms with van der Waals surface area (Å²) in [7, 11) is 0. The highest BCUT2D eigenvalue weighted by molar-refractivity contribution is 7.80. The average molecular weight is 1610 g/mol. The Morgan fingerprint density at radius 2 is 0.955 bits per heavy atom. The van der Waals surface area contributed by atoms with Gasteiger partial charge in [-0.15, -0.1) is 0 Å². The molecule has 12 atom stereocenters. The highest BCUT2D eigenvalue weighted by Crippen LogP contribution is 2.23. The number of carboxylic acids is 1. The Kier molecular flexibility index (Phi) is 36.5. The molecule has 0 bridgehead atoms. The fourth-order valence-corrected chi connectivity index (χ4v) is 13.2. The van der Waals surface area contributed by atoms with Gasteiger partial charge in [-0.25, -0.2) is 4.79 Å². The number of benzene rings is 3. The molecule has 0 spiro atoms. The number of primary amides is 1. The molecule has 1 saturated heterocycles. The molecule has 0 aliphatic carbocycles. The predicted molar refractivity (Wildman–Crippen MR) is 429 cm³/mol. The van der Waals surface area contributed by atoms with Crippen molar-refractivity contribution in [1.29, 1.82) is 0 Å². The summed E-state index contributed by atoms with van der Waals surface area (Å²) < 4.78 is 0. The van der Waals surface area contributed by atoms with E-state index in [-0.39, 0.29) is 101 Å². The van der Waals surface area contributed by atoms with Crippen molar-refractivity contribution in [3.05, 3.63) is 108 Å². The van der Waals surface area contributed by atoms with Gasteiger partial charge >= 0.3 is 5.97 Å². The summed E-state index contributed by atoms with van der Waals surface area (Å²) in [5.74, 6) is -14.2. The van der Waals surface area contributed by atoms with Gasteiger partial charge in [0, 0.05) is 90.2 Å². The van der Waals surface area contributed by atoms with Crippen LogP contribution in [0.4, 0.5) is 0 Å². The number of hydrogen-bond acceptors (Lipinski definition) is 20. The molecule has 6 rings (SSSR count). The number of carboxylic acid groups (broad SMARTS) is 1. The summed E-state index contributed by atoms with van der Waals surface area (Å²) in [5.41, 5.74) is 31.7. The maximum absolute atomic E-state index is 15.0. The van der Waals surface area contributed by atoms with Crippen LogP contribution in [0.15, 0.2) is 96.2 Å². The zero-order chi connectivity index (χ0) is 82.3. The van der Waals surface area contributed by atoms with Gasteiger partial charge in [-0.3, -0.25) is 67.3 Å². The Balaban J connectivity index is 1.23. The van der Waals surface area contributed by atoms with Crippen LogP contribution in [0.3, 0.4) is 0 Å². The van der Waals surface area contributed by atoms with Gasteiger partial charge in [0.25, 0.3) is 0 Å². The Labute approximate surface area is 664 Å². The Morgan fingerprint density at radius 1 is 0.509 bits per heavy atom. The number of likely N-dealkylation sites (tertiary alicyclic amines) is 1. The van der Waals surface area contributed by atoms with Crippen LogP contribution in [0, 0.1) is 11.8 Å². The minimum atomic E-state index is -1.55. The van der Waals surface area contributed by atoms with Crippen LogP contribution < -0.4 is 87.2 Å². The molecule has 1 aliphatic heterocycles. The number of aliphatic imine (C=N–C) groups is 1. The number of guanidine groups is 1. The quantitative estimate of drug-likeness (QED) is 0.00835. The number of aromatic amines is 2. The van der Waals surface area contributed by atoms with Crippen LogP contribution in [0.1, 0.15) is 102 Å². The van der Waals surface area contributed by atoms with E-state index in [1.807, 2.05) is 0 Å². The molecule has 0 saturated carbocycles. The van der Waals surface area contributed by atoms with Crippen LogP contribution in [0.2, 0.25) is 0 Å². The molecular formula is C74H106N20O15S3. The number of amides is 13. The second-order valence-electron chi connectivity index (χ2n) is 28.0. The fourth-order valence-electron chi connectivity index (χ4n) is 12.5. The van der Waals surface area contributed by atoms with E-state index in [2.05, 4.69) is 111 Å². The van der Waals surface area contributed by atoms with Crippen molar-refractivity contribution < 1.29 is 72.2 Å². The summed E-state index contributed by atoms with van der Waals surface area (Å²) in [5, 5.41) is 40.2. The minimum absolute atomic E-state index is 0.0223. The molecule has 0 radical (unpaired) electrons. The van der Waals surface area contributed by atoms with E-state index in [1.165, 1.54) is 4.90 Å². The highest BCUT2D eigenvalue weighted by atomic mass is 32.1. The van der Waals surface area contributed by atoms with Crippen molar-refractivity contribution in [3.8, 4) is 0 Å². The van der Waals surface area contributed by atoms with Crippen molar-refractivity contribution >= 4 is 148 Å². The Bertz CT molecular complexity index is 4120. The number of aliphatic carboxylic acids is 1. The molecule has 112 heavy (non-hydrogen) atoms. The molecule has 1 fully saturated rings. The molecule has 13 amide bonds. The lowest BCUT2D eigenvalue weighted by molar-refractivity contribution is -0.149. The molecule has 35 nitrogen and oxygen atoms in total. The topological polar surface area (TPSA) is 569 Å². The Hall–Kier alpha value is -10.4. The number of rotatable bonds is 46. The second-order valence-corrected chi connectivity index (χ2v) is 29.1. The first-order valence-electron chi connectivity index (χ1n) is 37.0. The molecule has 24 N–H and O–H groups in total. The molecule has 3 aromatic carbocycles. The van der Waals surface area contributed by atoms with Gasteiger partial charge in [-0.1, -0.05) is 94.4 Å². The molecule has 1 aliphatic rings. The number of H-pyrrole nitrogens is 2. The van der Waals surface area contributed by atoms with Crippen LogP contribution in [0.5, 0.6) is 0 Å².